The molecule has 1 amide bonds. The number of carbonyl (C=O) groups is 1. The molecule has 0 spiro atoms. The fraction of sp³-hybridized carbons (Fsp3) is 0.583. The van der Waals surface area contributed by atoms with Crippen molar-refractivity contribution in [2.45, 2.75) is 13.0 Å². The fourth-order valence-electron chi connectivity index (χ4n) is 2.10. The zero-order valence-electron chi connectivity index (χ0n) is 12.1. The summed E-state index contributed by atoms with van der Waals surface area (Å²) in [4.78, 5) is 22.1. The monoisotopic (exact) mass is 296 g/mol. The second-order valence-electron chi connectivity index (χ2n) is 4.55. The van der Waals surface area contributed by atoms with Crippen molar-refractivity contribution < 1.29 is 14.3 Å². The number of anilines is 2. The molecule has 1 aromatic rings. The summed E-state index contributed by atoms with van der Waals surface area (Å²) in [7, 11) is 1.49. The van der Waals surface area contributed by atoms with Gasteiger partial charge in [0, 0.05) is 13.1 Å². The maximum Gasteiger partial charge on any atom is 0.244 e. The van der Waals surface area contributed by atoms with Crippen LogP contribution in [0.3, 0.4) is 0 Å². The molecule has 2 heterocycles. The summed E-state index contributed by atoms with van der Waals surface area (Å²) >= 11 is 0. The van der Waals surface area contributed by atoms with Crippen LogP contribution in [0.1, 0.15) is 6.92 Å². The lowest BCUT2D eigenvalue weighted by atomic mass is 10.2. The number of nitrogen functional groups attached to an aromatic ring is 1. The van der Waals surface area contributed by atoms with Crippen molar-refractivity contribution in [2.75, 3.05) is 44.2 Å². The SMILES string of the molecule is COc1c(NN)ncnc1NC(C)C(=O)N1CCOCC1. The third-order valence-electron chi connectivity index (χ3n) is 3.19. The summed E-state index contributed by atoms with van der Waals surface area (Å²) < 4.78 is 10.5. The average molecular weight is 296 g/mol. The second-order valence-corrected chi connectivity index (χ2v) is 4.55. The van der Waals surface area contributed by atoms with E-state index in [1.54, 1.807) is 11.8 Å². The Hall–Kier alpha value is -2.13. The van der Waals surface area contributed by atoms with Gasteiger partial charge in [0.05, 0.1) is 20.3 Å². The van der Waals surface area contributed by atoms with Gasteiger partial charge in [-0.3, -0.25) is 4.79 Å². The molecular formula is C12H20N6O3. The maximum atomic E-state index is 12.3. The molecule has 0 aromatic carbocycles. The molecule has 1 aromatic heterocycles. The lowest BCUT2D eigenvalue weighted by molar-refractivity contribution is -0.135. The van der Waals surface area contributed by atoms with Gasteiger partial charge in [0.25, 0.3) is 0 Å². The van der Waals surface area contributed by atoms with Crippen LogP contribution in [0.15, 0.2) is 6.33 Å². The van der Waals surface area contributed by atoms with E-state index in [9.17, 15) is 4.79 Å². The van der Waals surface area contributed by atoms with Crippen molar-refractivity contribution in [3.8, 4) is 5.75 Å². The van der Waals surface area contributed by atoms with Crippen molar-refractivity contribution in [1.82, 2.24) is 14.9 Å². The molecule has 1 fully saturated rings. The highest BCUT2D eigenvalue weighted by atomic mass is 16.5. The normalized spacial score (nSPS) is 16.2. The first kappa shape index (κ1) is 15.3. The molecular weight excluding hydrogens is 276 g/mol. The third kappa shape index (κ3) is 3.50. The van der Waals surface area contributed by atoms with Gasteiger partial charge < -0.3 is 25.1 Å². The van der Waals surface area contributed by atoms with Crippen molar-refractivity contribution >= 4 is 17.5 Å². The van der Waals surface area contributed by atoms with E-state index in [-0.39, 0.29) is 5.91 Å². The van der Waals surface area contributed by atoms with Crippen LogP contribution in [-0.4, -0.2) is 60.2 Å². The number of amides is 1. The van der Waals surface area contributed by atoms with Crippen molar-refractivity contribution in [3.63, 3.8) is 0 Å². The molecule has 9 nitrogen and oxygen atoms in total. The summed E-state index contributed by atoms with van der Waals surface area (Å²) in [5, 5.41) is 3.03. The van der Waals surface area contributed by atoms with E-state index in [1.807, 2.05) is 0 Å². The first-order chi connectivity index (χ1) is 10.2. The molecule has 0 aliphatic carbocycles. The van der Waals surface area contributed by atoms with Crippen LogP contribution in [-0.2, 0) is 9.53 Å². The Kier molecular flexibility index (Phi) is 5.12. The Morgan fingerprint density at radius 1 is 1.43 bits per heavy atom. The van der Waals surface area contributed by atoms with Gasteiger partial charge in [-0.05, 0) is 6.92 Å². The molecule has 0 radical (unpaired) electrons. The molecule has 21 heavy (non-hydrogen) atoms. The zero-order chi connectivity index (χ0) is 15.2. The smallest absolute Gasteiger partial charge is 0.244 e. The highest BCUT2D eigenvalue weighted by molar-refractivity contribution is 5.85. The number of hydrogen-bond acceptors (Lipinski definition) is 8. The Labute approximate surface area is 122 Å². The summed E-state index contributed by atoms with van der Waals surface area (Å²) in [6, 6.07) is -0.447. The van der Waals surface area contributed by atoms with Crippen LogP contribution in [0, 0.1) is 0 Å². The van der Waals surface area contributed by atoms with Gasteiger partial charge in [0.15, 0.2) is 11.6 Å². The first-order valence-corrected chi connectivity index (χ1v) is 6.66. The van der Waals surface area contributed by atoms with Gasteiger partial charge in [0.2, 0.25) is 11.7 Å². The Morgan fingerprint density at radius 2 is 2.10 bits per heavy atom. The van der Waals surface area contributed by atoms with E-state index in [2.05, 4.69) is 20.7 Å². The molecule has 1 saturated heterocycles. The number of rotatable bonds is 5. The predicted octanol–water partition coefficient (Wildman–Crippen LogP) is -0.570. The van der Waals surface area contributed by atoms with Crippen LogP contribution in [0.5, 0.6) is 5.75 Å². The number of nitrogens with zero attached hydrogens (tertiary/aromatic N) is 3. The number of morpholine rings is 1. The third-order valence-corrected chi connectivity index (χ3v) is 3.19. The van der Waals surface area contributed by atoms with Gasteiger partial charge in [-0.15, -0.1) is 0 Å². The number of methoxy groups -OCH3 is 1. The van der Waals surface area contributed by atoms with Crippen molar-refractivity contribution in [2.24, 2.45) is 5.84 Å². The minimum absolute atomic E-state index is 0.0128. The molecule has 4 N–H and O–H groups in total. The molecule has 1 unspecified atom stereocenters. The molecule has 1 aliphatic rings. The van der Waals surface area contributed by atoms with Gasteiger partial charge in [-0.25, -0.2) is 15.8 Å². The van der Waals surface area contributed by atoms with Crippen LogP contribution in [0.25, 0.3) is 0 Å². The number of carbonyl (C=O) groups excluding carboxylic acids is 1. The first-order valence-electron chi connectivity index (χ1n) is 6.66. The summed E-state index contributed by atoms with van der Waals surface area (Å²) in [6.07, 6.45) is 1.34. The van der Waals surface area contributed by atoms with E-state index in [0.29, 0.717) is 43.7 Å². The molecule has 0 saturated carbocycles. The van der Waals surface area contributed by atoms with E-state index in [0.717, 1.165) is 0 Å². The summed E-state index contributed by atoms with van der Waals surface area (Å²) in [5.74, 6) is 6.48. The number of hydrogen-bond donors (Lipinski definition) is 3. The van der Waals surface area contributed by atoms with Crippen LogP contribution in [0.2, 0.25) is 0 Å². The molecule has 116 valence electrons. The fourth-order valence-corrected chi connectivity index (χ4v) is 2.10. The maximum absolute atomic E-state index is 12.3. The van der Waals surface area contributed by atoms with Gasteiger partial charge in [0.1, 0.15) is 12.4 Å². The summed E-state index contributed by atoms with van der Waals surface area (Å²) in [5.41, 5.74) is 2.42. The molecule has 1 atom stereocenters. The van der Waals surface area contributed by atoms with Crippen LogP contribution in [0.4, 0.5) is 11.6 Å². The minimum Gasteiger partial charge on any atom is -0.490 e. The lowest BCUT2D eigenvalue weighted by Crippen LogP contribution is -2.47. The number of nitrogens with one attached hydrogen (secondary N) is 2. The number of ether oxygens (including phenoxy) is 2. The van der Waals surface area contributed by atoms with E-state index in [4.69, 9.17) is 15.3 Å². The van der Waals surface area contributed by atoms with E-state index >= 15 is 0 Å². The van der Waals surface area contributed by atoms with Crippen LogP contribution >= 0.6 is 0 Å². The van der Waals surface area contributed by atoms with E-state index < -0.39 is 6.04 Å². The Bertz CT molecular complexity index is 492. The average Bonchev–Trinajstić information content (AvgIpc) is 2.54. The quantitative estimate of drug-likeness (QED) is 0.489. The summed E-state index contributed by atoms with van der Waals surface area (Å²) in [6.45, 7) is 4.10. The van der Waals surface area contributed by atoms with Crippen LogP contribution < -0.4 is 21.3 Å². The second kappa shape index (κ2) is 7.04. The number of aromatic nitrogens is 2. The highest BCUT2D eigenvalue weighted by Gasteiger charge is 2.24. The Morgan fingerprint density at radius 3 is 2.71 bits per heavy atom. The molecule has 1 aliphatic heterocycles. The largest absolute Gasteiger partial charge is 0.490 e. The Balaban J connectivity index is 2.08. The van der Waals surface area contributed by atoms with Gasteiger partial charge >= 0.3 is 0 Å². The number of nitrogens with two attached hydrogens (primary N) is 1. The molecule has 2 rings (SSSR count). The number of hydrazine groups is 1. The van der Waals surface area contributed by atoms with Gasteiger partial charge in [-0.1, -0.05) is 0 Å². The lowest BCUT2D eigenvalue weighted by Gasteiger charge is -2.29. The van der Waals surface area contributed by atoms with Gasteiger partial charge in [-0.2, -0.15) is 0 Å². The topological polar surface area (TPSA) is 115 Å². The van der Waals surface area contributed by atoms with Crippen molar-refractivity contribution in [3.05, 3.63) is 6.33 Å². The predicted molar refractivity (Wildman–Crippen MR) is 76.9 cm³/mol. The molecule has 9 heteroatoms. The standard InChI is InChI=1S/C12H20N6O3/c1-8(12(19)18-3-5-21-6-4-18)16-10-9(20-2)11(17-13)15-7-14-10/h7-8H,3-6,13H2,1-2H3,(H2,14,15,16,17). The zero-order valence-corrected chi connectivity index (χ0v) is 12.1. The molecule has 0 bridgehead atoms. The van der Waals surface area contributed by atoms with E-state index in [1.165, 1.54) is 13.4 Å². The van der Waals surface area contributed by atoms with Crippen molar-refractivity contribution in [1.29, 1.82) is 0 Å². The minimum atomic E-state index is -0.447. The highest BCUT2D eigenvalue weighted by Crippen LogP contribution is 2.28.